The summed E-state index contributed by atoms with van der Waals surface area (Å²) in [6.07, 6.45) is 4.07. The molecule has 96 valence electrons. The molecule has 16 heavy (non-hydrogen) atoms. The largest absolute Gasteiger partial charge is 0.390 e. The Bertz CT molecular complexity index is 312. The van der Waals surface area contributed by atoms with Gasteiger partial charge in [0.15, 0.2) is 0 Å². The molecule has 0 bridgehead atoms. The van der Waals surface area contributed by atoms with E-state index in [9.17, 15) is 13.5 Å². The van der Waals surface area contributed by atoms with E-state index in [1.54, 1.807) is 6.92 Å². The normalized spacial score (nSPS) is 31.6. The topological polar surface area (TPSA) is 63.6 Å². The molecule has 2 unspecified atom stereocenters. The standard InChI is InChI=1S/C11H22O4S/c1-3-11(12)8-6-5-7-10(11)9-16(13,14)15-4-2/h10,12H,3-9H2,1-2H3. The number of hydrogen-bond acceptors (Lipinski definition) is 4. The molecular weight excluding hydrogens is 228 g/mol. The molecule has 1 N–H and O–H groups in total. The lowest BCUT2D eigenvalue weighted by atomic mass is 9.75. The molecule has 0 aromatic carbocycles. The van der Waals surface area contributed by atoms with Gasteiger partial charge < -0.3 is 5.11 Å². The van der Waals surface area contributed by atoms with Crippen LogP contribution in [-0.4, -0.2) is 31.5 Å². The van der Waals surface area contributed by atoms with Crippen LogP contribution in [0.1, 0.15) is 46.0 Å². The minimum absolute atomic E-state index is 0.0504. The van der Waals surface area contributed by atoms with Crippen LogP contribution in [0.4, 0.5) is 0 Å². The Morgan fingerprint density at radius 1 is 1.38 bits per heavy atom. The SMILES string of the molecule is CCOS(=O)(=O)CC1CCCCC1(O)CC. The Labute approximate surface area is 98.1 Å². The molecule has 0 radical (unpaired) electrons. The van der Waals surface area contributed by atoms with Crippen LogP contribution < -0.4 is 0 Å². The fourth-order valence-electron chi connectivity index (χ4n) is 2.47. The monoisotopic (exact) mass is 250 g/mol. The fourth-order valence-corrected chi connectivity index (χ4v) is 3.90. The molecule has 0 saturated heterocycles. The van der Waals surface area contributed by atoms with Crippen LogP contribution in [0.3, 0.4) is 0 Å². The van der Waals surface area contributed by atoms with Gasteiger partial charge in [0, 0.05) is 5.92 Å². The van der Waals surface area contributed by atoms with E-state index in [0.29, 0.717) is 12.8 Å². The van der Waals surface area contributed by atoms with Crippen LogP contribution in [0.15, 0.2) is 0 Å². The molecule has 1 saturated carbocycles. The molecule has 2 atom stereocenters. The highest BCUT2D eigenvalue weighted by Crippen LogP contribution is 2.37. The Morgan fingerprint density at radius 3 is 2.62 bits per heavy atom. The minimum atomic E-state index is -3.47. The van der Waals surface area contributed by atoms with Crippen molar-refractivity contribution in [1.29, 1.82) is 0 Å². The van der Waals surface area contributed by atoms with E-state index in [1.807, 2.05) is 6.92 Å². The molecule has 4 nitrogen and oxygen atoms in total. The molecule has 5 heteroatoms. The highest BCUT2D eigenvalue weighted by atomic mass is 32.2. The van der Waals surface area contributed by atoms with Gasteiger partial charge in [-0.3, -0.25) is 4.18 Å². The molecule has 1 rings (SSSR count). The van der Waals surface area contributed by atoms with E-state index in [-0.39, 0.29) is 18.3 Å². The summed E-state index contributed by atoms with van der Waals surface area (Å²) in [4.78, 5) is 0. The predicted molar refractivity (Wildman–Crippen MR) is 62.6 cm³/mol. The Morgan fingerprint density at radius 2 is 2.06 bits per heavy atom. The van der Waals surface area contributed by atoms with E-state index in [2.05, 4.69) is 0 Å². The molecular formula is C11H22O4S. The molecule has 1 aliphatic rings. The predicted octanol–water partition coefficient (Wildman–Crippen LogP) is 1.68. The molecule has 0 spiro atoms. The summed E-state index contributed by atoms with van der Waals surface area (Å²) in [5, 5.41) is 10.4. The summed E-state index contributed by atoms with van der Waals surface area (Å²) < 4.78 is 27.9. The summed E-state index contributed by atoms with van der Waals surface area (Å²) in [7, 11) is -3.47. The first-order valence-corrected chi connectivity index (χ1v) is 7.60. The maximum absolute atomic E-state index is 11.6. The number of rotatable bonds is 5. The molecule has 0 heterocycles. The van der Waals surface area contributed by atoms with Crippen LogP contribution >= 0.6 is 0 Å². The van der Waals surface area contributed by atoms with Crippen molar-refractivity contribution in [3.63, 3.8) is 0 Å². The molecule has 0 amide bonds. The highest BCUT2D eigenvalue weighted by Gasteiger charge is 2.39. The van der Waals surface area contributed by atoms with Gasteiger partial charge in [-0.2, -0.15) is 8.42 Å². The first-order valence-electron chi connectivity index (χ1n) is 6.03. The fraction of sp³-hybridized carbons (Fsp3) is 1.00. The highest BCUT2D eigenvalue weighted by molar-refractivity contribution is 7.86. The second-order valence-electron chi connectivity index (χ2n) is 4.53. The molecule has 0 aliphatic heterocycles. The third-order valence-corrected chi connectivity index (χ3v) is 4.89. The van der Waals surface area contributed by atoms with Crippen molar-refractivity contribution in [3.8, 4) is 0 Å². The van der Waals surface area contributed by atoms with Gasteiger partial charge in [-0.05, 0) is 26.2 Å². The van der Waals surface area contributed by atoms with Crippen molar-refractivity contribution in [3.05, 3.63) is 0 Å². The van der Waals surface area contributed by atoms with Gasteiger partial charge >= 0.3 is 0 Å². The van der Waals surface area contributed by atoms with Gasteiger partial charge in [-0.25, -0.2) is 0 Å². The molecule has 1 fully saturated rings. The number of hydrogen-bond donors (Lipinski definition) is 1. The molecule has 0 aromatic rings. The van der Waals surface area contributed by atoms with Crippen molar-refractivity contribution in [2.75, 3.05) is 12.4 Å². The lowest BCUT2D eigenvalue weighted by Crippen LogP contribution is -2.43. The van der Waals surface area contributed by atoms with Crippen LogP contribution in [0.25, 0.3) is 0 Å². The zero-order chi connectivity index (χ0) is 12.2. The van der Waals surface area contributed by atoms with E-state index < -0.39 is 15.7 Å². The first kappa shape index (κ1) is 13.9. The third kappa shape index (κ3) is 3.43. The van der Waals surface area contributed by atoms with E-state index in [4.69, 9.17) is 4.18 Å². The van der Waals surface area contributed by atoms with Gasteiger partial charge in [0.25, 0.3) is 10.1 Å². The van der Waals surface area contributed by atoms with Crippen molar-refractivity contribution in [2.45, 2.75) is 51.6 Å². The Kier molecular flexibility index (Phi) is 4.76. The van der Waals surface area contributed by atoms with Crippen molar-refractivity contribution in [2.24, 2.45) is 5.92 Å². The lowest BCUT2D eigenvalue weighted by molar-refractivity contribution is -0.0432. The second kappa shape index (κ2) is 5.47. The summed E-state index contributed by atoms with van der Waals surface area (Å²) in [5.41, 5.74) is -0.817. The number of aliphatic hydroxyl groups is 1. The summed E-state index contributed by atoms with van der Waals surface area (Å²) in [5.74, 6) is -0.228. The van der Waals surface area contributed by atoms with Crippen molar-refractivity contribution >= 4 is 10.1 Å². The summed E-state index contributed by atoms with van der Waals surface area (Å²) in [6, 6.07) is 0. The quantitative estimate of drug-likeness (QED) is 0.754. The van der Waals surface area contributed by atoms with Gasteiger partial charge in [-0.15, -0.1) is 0 Å². The van der Waals surface area contributed by atoms with Gasteiger partial charge in [0.05, 0.1) is 18.0 Å². The average Bonchev–Trinajstić information content (AvgIpc) is 2.21. The second-order valence-corrected chi connectivity index (χ2v) is 6.22. The van der Waals surface area contributed by atoms with Crippen LogP contribution in [0.5, 0.6) is 0 Å². The molecule has 0 aromatic heterocycles. The van der Waals surface area contributed by atoms with Crippen molar-refractivity contribution in [1.82, 2.24) is 0 Å². The molecule has 1 aliphatic carbocycles. The van der Waals surface area contributed by atoms with Gasteiger partial charge in [0.1, 0.15) is 0 Å². The van der Waals surface area contributed by atoms with Crippen LogP contribution in [0.2, 0.25) is 0 Å². The zero-order valence-electron chi connectivity index (χ0n) is 10.1. The average molecular weight is 250 g/mol. The third-order valence-electron chi connectivity index (χ3n) is 3.49. The van der Waals surface area contributed by atoms with Crippen molar-refractivity contribution < 1.29 is 17.7 Å². The summed E-state index contributed by atoms with van der Waals surface area (Å²) in [6.45, 7) is 3.73. The van der Waals surface area contributed by atoms with E-state index >= 15 is 0 Å². The van der Waals surface area contributed by atoms with Gasteiger partial charge in [0.2, 0.25) is 0 Å². The van der Waals surface area contributed by atoms with Gasteiger partial charge in [-0.1, -0.05) is 19.8 Å². The Hall–Kier alpha value is -0.130. The van der Waals surface area contributed by atoms with E-state index in [1.165, 1.54) is 0 Å². The Balaban J connectivity index is 2.70. The van der Waals surface area contributed by atoms with E-state index in [0.717, 1.165) is 19.3 Å². The smallest absolute Gasteiger partial charge is 0.267 e. The zero-order valence-corrected chi connectivity index (χ0v) is 10.9. The minimum Gasteiger partial charge on any atom is -0.390 e. The van der Waals surface area contributed by atoms with Crippen LogP contribution in [0, 0.1) is 5.92 Å². The first-order chi connectivity index (χ1) is 7.43. The summed E-state index contributed by atoms with van der Waals surface area (Å²) >= 11 is 0. The maximum atomic E-state index is 11.6. The maximum Gasteiger partial charge on any atom is 0.267 e. The lowest BCUT2D eigenvalue weighted by Gasteiger charge is -2.39. The van der Waals surface area contributed by atoms with Crippen LogP contribution in [-0.2, 0) is 14.3 Å².